The Labute approximate surface area is 122 Å². The zero-order valence-corrected chi connectivity index (χ0v) is 11.5. The van der Waals surface area contributed by atoms with Gasteiger partial charge in [-0.1, -0.05) is 6.07 Å². The number of amides is 1. The van der Waals surface area contributed by atoms with Gasteiger partial charge in [-0.15, -0.1) is 11.3 Å². The number of fused-ring (bicyclic) bond motifs is 1. The molecule has 0 spiro atoms. The molecule has 0 aliphatic carbocycles. The zero-order valence-electron chi connectivity index (χ0n) is 10.7. The minimum Gasteiger partial charge on any atom is -0.347 e. The van der Waals surface area contributed by atoms with Crippen LogP contribution in [0.5, 0.6) is 0 Å². The van der Waals surface area contributed by atoms with E-state index >= 15 is 0 Å². The number of aromatic amines is 1. The Balaban J connectivity index is 1.76. The van der Waals surface area contributed by atoms with Crippen LogP contribution < -0.4 is 10.9 Å². The van der Waals surface area contributed by atoms with Gasteiger partial charge in [-0.05, 0) is 24.3 Å². The molecule has 0 saturated heterocycles. The highest BCUT2D eigenvalue weighted by Gasteiger charge is 2.09. The predicted octanol–water partition coefficient (Wildman–Crippen LogP) is 2.05. The van der Waals surface area contributed by atoms with Crippen molar-refractivity contribution in [3.63, 3.8) is 0 Å². The summed E-state index contributed by atoms with van der Waals surface area (Å²) in [6.07, 6.45) is 1.34. The molecule has 0 unspecified atom stereocenters. The number of hydrogen-bond acceptors (Lipinski definition) is 4. The van der Waals surface area contributed by atoms with Crippen molar-refractivity contribution in [3.05, 3.63) is 63.3 Å². The first-order chi connectivity index (χ1) is 10.1. The van der Waals surface area contributed by atoms with Crippen molar-refractivity contribution in [2.75, 3.05) is 0 Å². The smallest absolute Gasteiger partial charge is 0.259 e. The van der Waals surface area contributed by atoms with Gasteiger partial charge < -0.3 is 10.3 Å². The van der Waals surface area contributed by atoms with E-state index in [2.05, 4.69) is 15.3 Å². The molecule has 5 nitrogen and oxygen atoms in total. The van der Waals surface area contributed by atoms with Crippen LogP contribution >= 0.6 is 11.3 Å². The Morgan fingerprint density at radius 2 is 2.24 bits per heavy atom. The maximum atomic E-state index is 13.1. The topological polar surface area (TPSA) is 74.8 Å². The number of nitrogens with zero attached hydrogens (tertiary/aromatic N) is 1. The minimum absolute atomic E-state index is 0.209. The SMILES string of the molecule is O=C(NCc1cc2c(=O)[nH]cnc2s1)c1cccc(F)c1. The molecule has 2 heterocycles. The van der Waals surface area contributed by atoms with E-state index in [-0.39, 0.29) is 23.6 Å². The molecule has 3 rings (SSSR count). The second-order valence-corrected chi connectivity index (χ2v) is 5.47. The van der Waals surface area contributed by atoms with Gasteiger partial charge in [0.1, 0.15) is 10.6 Å². The highest BCUT2D eigenvalue weighted by molar-refractivity contribution is 7.18. The van der Waals surface area contributed by atoms with Crippen molar-refractivity contribution in [1.29, 1.82) is 0 Å². The van der Waals surface area contributed by atoms with Gasteiger partial charge in [0.05, 0.1) is 18.3 Å². The summed E-state index contributed by atoms with van der Waals surface area (Å²) >= 11 is 1.33. The van der Waals surface area contributed by atoms with Crippen LogP contribution in [0.1, 0.15) is 15.2 Å². The Kier molecular flexibility index (Phi) is 3.49. The number of benzene rings is 1. The fourth-order valence-electron chi connectivity index (χ4n) is 1.90. The Morgan fingerprint density at radius 3 is 3.00 bits per heavy atom. The van der Waals surface area contributed by atoms with Gasteiger partial charge in [0.15, 0.2) is 0 Å². The van der Waals surface area contributed by atoms with Crippen molar-refractivity contribution in [2.45, 2.75) is 6.54 Å². The molecule has 0 bridgehead atoms. The number of aromatic nitrogens is 2. The third-order valence-corrected chi connectivity index (χ3v) is 3.94. The van der Waals surface area contributed by atoms with Crippen molar-refractivity contribution in [1.82, 2.24) is 15.3 Å². The van der Waals surface area contributed by atoms with Crippen molar-refractivity contribution >= 4 is 27.5 Å². The first-order valence-corrected chi connectivity index (χ1v) is 6.95. The molecule has 0 saturated carbocycles. The number of carbonyl (C=O) groups is 1. The maximum Gasteiger partial charge on any atom is 0.259 e. The number of thiophene rings is 1. The Bertz CT molecular complexity index is 872. The van der Waals surface area contributed by atoms with E-state index in [4.69, 9.17) is 0 Å². The van der Waals surface area contributed by atoms with Crippen LogP contribution in [0.4, 0.5) is 4.39 Å². The summed E-state index contributed by atoms with van der Waals surface area (Å²) in [6.45, 7) is 0.260. The number of H-pyrrole nitrogens is 1. The lowest BCUT2D eigenvalue weighted by atomic mass is 10.2. The average molecular weight is 303 g/mol. The van der Waals surface area contributed by atoms with Gasteiger partial charge in [0.25, 0.3) is 11.5 Å². The van der Waals surface area contributed by atoms with Crippen LogP contribution in [0.2, 0.25) is 0 Å². The lowest BCUT2D eigenvalue weighted by molar-refractivity contribution is 0.0951. The van der Waals surface area contributed by atoms with Crippen LogP contribution in [0.3, 0.4) is 0 Å². The summed E-state index contributed by atoms with van der Waals surface area (Å²) < 4.78 is 13.1. The molecule has 1 amide bonds. The summed E-state index contributed by atoms with van der Waals surface area (Å²) in [6, 6.07) is 7.16. The van der Waals surface area contributed by atoms with E-state index in [1.165, 1.54) is 41.9 Å². The third-order valence-electron chi connectivity index (χ3n) is 2.90. The molecule has 0 atom stereocenters. The molecule has 3 aromatic rings. The van der Waals surface area contributed by atoms with Crippen molar-refractivity contribution in [2.24, 2.45) is 0 Å². The monoisotopic (exact) mass is 303 g/mol. The number of carbonyl (C=O) groups excluding carboxylic acids is 1. The van der Waals surface area contributed by atoms with E-state index in [1.807, 2.05) is 0 Å². The molecule has 1 aromatic carbocycles. The average Bonchev–Trinajstić information content (AvgIpc) is 2.89. The van der Waals surface area contributed by atoms with Crippen molar-refractivity contribution < 1.29 is 9.18 Å². The van der Waals surface area contributed by atoms with Crippen LogP contribution in [0.25, 0.3) is 10.2 Å². The van der Waals surface area contributed by atoms with E-state index < -0.39 is 5.82 Å². The zero-order chi connectivity index (χ0) is 14.8. The molecule has 0 aliphatic rings. The molecule has 21 heavy (non-hydrogen) atoms. The van der Waals surface area contributed by atoms with Crippen LogP contribution in [0, 0.1) is 5.82 Å². The minimum atomic E-state index is -0.458. The van der Waals surface area contributed by atoms with Gasteiger partial charge in [0, 0.05) is 10.4 Å². The van der Waals surface area contributed by atoms with E-state index in [0.717, 1.165) is 4.88 Å². The molecule has 2 aromatic heterocycles. The van der Waals surface area contributed by atoms with Gasteiger partial charge in [0.2, 0.25) is 0 Å². The molecular formula is C14H10FN3O2S. The second-order valence-electron chi connectivity index (χ2n) is 4.36. The molecule has 0 aliphatic heterocycles. The van der Waals surface area contributed by atoms with Crippen molar-refractivity contribution in [3.8, 4) is 0 Å². The maximum absolute atomic E-state index is 13.1. The van der Waals surface area contributed by atoms with Crippen LogP contribution in [0.15, 0.2) is 41.5 Å². The first-order valence-electron chi connectivity index (χ1n) is 6.13. The van der Waals surface area contributed by atoms with Crippen LogP contribution in [-0.2, 0) is 6.54 Å². The summed E-state index contributed by atoms with van der Waals surface area (Å²) in [5.74, 6) is -0.825. The standard InChI is InChI=1S/C14H10FN3O2S/c15-9-3-1-2-8(4-9)12(19)16-6-10-5-11-13(20)17-7-18-14(11)21-10/h1-5,7H,6H2,(H,16,19)(H,17,18,20). The summed E-state index contributed by atoms with van der Waals surface area (Å²) in [4.78, 5) is 31.4. The summed E-state index contributed by atoms with van der Waals surface area (Å²) in [5.41, 5.74) is 0.0473. The highest BCUT2D eigenvalue weighted by Crippen LogP contribution is 2.20. The fraction of sp³-hybridized carbons (Fsp3) is 0.0714. The van der Waals surface area contributed by atoms with Gasteiger partial charge >= 0.3 is 0 Å². The highest BCUT2D eigenvalue weighted by atomic mass is 32.1. The Morgan fingerprint density at radius 1 is 1.38 bits per heavy atom. The first kappa shape index (κ1) is 13.4. The summed E-state index contributed by atoms with van der Waals surface area (Å²) in [5, 5.41) is 3.19. The molecule has 106 valence electrons. The third kappa shape index (κ3) is 2.82. The largest absolute Gasteiger partial charge is 0.347 e. The van der Waals surface area contributed by atoms with Gasteiger partial charge in [-0.2, -0.15) is 0 Å². The van der Waals surface area contributed by atoms with E-state index in [0.29, 0.717) is 10.2 Å². The molecule has 2 N–H and O–H groups in total. The number of hydrogen-bond donors (Lipinski definition) is 2. The molecule has 0 radical (unpaired) electrons. The second kappa shape index (κ2) is 5.45. The normalized spacial score (nSPS) is 10.7. The van der Waals surface area contributed by atoms with Gasteiger partial charge in [-0.3, -0.25) is 9.59 Å². The van der Waals surface area contributed by atoms with E-state index in [1.54, 1.807) is 6.07 Å². The lowest BCUT2D eigenvalue weighted by Crippen LogP contribution is -2.22. The van der Waals surface area contributed by atoms with E-state index in [9.17, 15) is 14.0 Å². The molecular weight excluding hydrogens is 293 g/mol. The van der Waals surface area contributed by atoms with Gasteiger partial charge in [-0.25, -0.2) is 9.37 Å². The quantitative estimate of drug-likeness (QED) is 0.777. The predicted molar refractivity (Wildman–Crippen MR) is 77.8 cm³/mol. The van der Waals surface area contributed by atoms with Crippen LogP contribution in [-0.4, -0.2) is 15.9 Å². The fourth-order valence-corrected chi connectivity index (χ4v) is 2.84. The molecule has 7 heteroatoms. The Hall–Kier alpha value is -2.54. The number of rotatable bonds is 3. The number of nitrogens with one attached hydrogen (secondary N) is 2. The number of halogens is 1. The lowest BCUT2D eigenvalue weighted by Gasteiger charge is -2.03. The summed E-state index contributed by atoms with van der Waals surface area (Å²) in [7, 11) is 0. The molecule has 0 fully saturated rings.